The molecule has 200 valence electrons. The van der Waals surface area contributed by atoms with Crippen LogP contribution in [0.25, 0.3) is 22.3 Å². The van der Waals surface area contributed by atoms with Crippen LogP contribution in [0.1, 0.15) is 22.3 Å². The van der Waals surface area contributed by atoms with E-state index in [9.17, 15) is 17.6 Å². The first-order chi connectivity index (χ1) is 19.9. The largest absolute Gasteiger partial charge is 0.207 e. The van der Waals surface area contributed by atoms with Crippen LogP contribution in [0.15, 0.2) is 146 Å². The molecule has 41 heavy (non-hydrogen) atoms. The predicted molar refractivity (Wildman–Crippen MR) is 155 cm³/mol. The van der Waals surface area contributed by atoms with Gasteiger partial charge >= 0.3 is 0 Å². The molecule has 0 aliphatic rings. The van der Waals surface area contributed by atoms with E-state index in [0.29, 0.717) is 22.3 Å². The molecule has 0 saturated carbocycles. The van der Waals surface area contributed by atoms with Crippen LogP contribution >= 0.6 is 0 Å². The van der Waals surface area contributed by atoms with Gasteiger partial charge in [0.05, 0.1) is 5.41 Å². The molecule has 0 fully saturated rings. The maximum Gasteiger partial charge on any atom is 0.126 e. The summed E-state index contributed by atoms with van der Waals surface area (Å²) in [7, 11) is 0. The van der Waals surface area contributed by atoms with Crippen molar-refractivity contribution in [3.05, 3.63) is 191 Å². The van der Waals surface area contributed by atoms with Gasteiger partial charge in [-0.05, 0) is 68.8 Å². The third kappa shape index (κ3) is 5.05. The van der Waals surface area contributed by atoms with E-state index in [4.69, 9.17) is 0 Å². The molecule has 6 rings (SSSR count). The second kappa shape index (κ2) is 10.9. The van der Waals surface area contributed by atoms with Crippen molar-refractivity contribution in [2.45, 2.75) is 5.41 Å². The number of rotatable bonds is 6. The number of benzene rings is 6. The zero-order valence-electron chi connectivity index (χ0n) is 21.9. The molecule has 4 heteroatoms. The normalized spacial score (nSPS) is 11.4. The van der Waals surface area contributed by atoms with Crippen molar-refractivity contribution >= 4 is 0 Å². The van der Waals surface area contributed by atoms with Gasteiger partial charge in [-0.3, -0.25) is 0 Å². The fourth-order valence-corrected chi connectivity index (χ4v) is 5.64. The lowest BCUT2D eigenvalue weighted by atomic mass is 9.65. The van der Waals surface area contributed by atoms with Crippen LogP contribution in [0.3, 0.4) is 0 Å². The van der Waals surface area contributed by atoms with Crippen LogP contribution < -0.4 is 0 Å². The molecule has 0 saturated heterocycles. The van der Waals surface area contributed by atoms with Crippen molar-refractivity contribution in [2.24, 2.45) is 0 Å². The first-order valence-electron chi connectivity index (χ1n) is 13.2. The number of halogens is 4. The molecule has 0 atom stereocenters. The molecule has 0 heterocycles. The maximum atomic E-state index is 14.0. The first kappa shape index (κ1) is 26.3. The minimum absolute atomic E-state index is 0.450. The van der Waals surface area contributed by atoms with E-state index in [1.54, 1.807) is 0 Å². The van der Waals surface area contributed by atoms with Crippen molar-refractivity contribution in [3.8, 4) is 22.3 Å². The SMILES string of the molecule is Fc1cc(F)cc(-c2ccc(C(c3ccccc3)(c3ccccc3)c3ccc(-c4cc(F)cc(F)c4)cc3)cc2)c1. The fourth-order valence-electron chi connectivity index (χ4n) is 5.64. The lowest BCUT2D eigenvalue weighted by Gasteiger charge is -2.37. The average molecular weight is 545 g/mol. The van der Waals surface area contributed by atoms with Gasteiger partial charge in [0.2, 0.25) is 0 Å². The summed E-state index contributed by atoms with van der Waals surface area (Å²) in [6.07, 6.45) is 0. The van der Waals surface area contributed by atoms with Gasteiger partial charge in [-0.1, -0.05) is 109 Å². The second-order valence-electron chi connectivity index (χ2n) is 9.95. The standard InChI is InChI=1S/C37H24F4/c38-33-19-27(20-34(39)23-33)25-11-15-31(16-12-25)37(29-7-3-1-4-8-29,30-9-5-2-6-10-30)32-17-13-26(14-18-32)28-21-35(40)24-36(41)22-28/h1-24H. The molecule has 0 amide bonds. The topological polar surface area (TPSA) is 0 Å². The van der Waals surface area contributed by atoms with Gasteiger partial charge in [-0.25, -0.2) is 17.6 Å². The van der Waals surface area contributed by atoms with E-state index in [1.807, 2.05) is 84.9 Å². The third-order valence-corrected chi connectivity index (χ3v) is 7.44. The third-order valence-electron chi connectivity index (χ3n) is 7.44. The second-order valence-corrected chi connectivity index (χ2v) is 9.95. The molecule has 0 nitrogen and oxygen atoms in total. The van der Waals surface area contributed by atoms with E-state index in [-0.39, 0.29) is 0 Å². The Balaban J connectivity index is 1.56. The summed E-state index contributed by atoms with van der Waals surface area (Å²) in [5, 5.41) is 0. The Morgan fingerprint density at radius 2 is 0.585 bits per heavy atom. The monoisotopic (exact) mass is 544 g/mol. The Labute approximate surface area is 236 Å². The lowest BCUT2D eigenvalue weighted by molar-refractivity contribution is 0.583. The van der Waals surface area contributed by atoms with Gasteiger partial charge in [0.1, 0.15) is 23.3 Å². The Morgan fingerprint density at radius 3 is 0.902 bits per heavy atom. The smallest absolute Gasteiger partial charge is 0.126 e. The van der Waals surface area contributed by atoms with Crippen LogP contribution in [-0.2, 0) is 5.41 Å². The summed E-state index contributed by atoms with van der Waals surface area (Å²) in [6.45, 7) is 0. The van der Waals surface area contributed by atoms with Gasteiger partial charge in [-0.2, -0.15) is 0 Å². The highest BCUT2D eigenvalue weighted by Crippen LogP contribution is 2.46. The maximum absolute atomic E-state index is 14.0. The highest BCUT2D eigenvalue weighted by atomic mass is 19.1. The number of hydrogen-bond acceptors (Lipinski definition) is 0. The molecular formula is C37H24F4. The van der Waals surface area contributed by atoms with Crippen molar-refractivity contribution < 1.29 is 17.6 Å². The minimum atomic E-state index is -0.764. The van der Waals surface area contributed by atoms with Gasteiger partial charge in [0.15, 0.2) is 0 Å². The van der Waals surface area contributed by atoms with Crippen molar-refractivity contribution in [1.29, 1.82) is 0 Å². The molecule has 0 radical (unpaired) electrons. The Morgan fingerprint density at radius 1 is 0.293 bits per heavy atom. The highest BCUT2D eigenvalue weighted by Gasteiger charge is 2.38. The first-order valence-corrected chi connectivity index (χ1v) is 13.2. The summed E-state index contributed by atoms with van der Waals surface area (Å²) in [6, 6.07) is 42.5. The van der Waals surface area contributed by atoms with Gasteiger partial charge in [0, 0.05) is 12.1 Å². The van der Waals surface area contributed by atoms with Crippen LogP contribution in [0, 0.1) is 23.3 Å². The van der Waals surface area contributed by atoms with E-state index in [0.717, 1.165) is 34.4 Å². The molecule has 0 spiro atoms. The molecule has 0 aliphatic carbocycles. The molecular weight excluding hydrogens is 520 g/mol. The Bertz CT molecular complexity index is 1620. The minimum Gasteiger partial charge on any atom is -0.207 e. The van der Waals surface area contributed by atoms with Crippen LogP contribution in [-0.4, -0.2) is 0 Å². The average Bonchev–Trinajstić information content (AvgIpc) is 2.98. The van der Waals surface area contributed by atoms with Crippen molar-refractivity contribution in [3.63, 3.8) is 0 Å². The Hall–Kier alpha value is -4.96. The lowest BCUT2D eigenvalue weighted by Crippen LogP contribution is -2.31. The van der Waals surface area contributed by atoms with Gasteiger partial charge in [0.25, 0.3) is 0 Å². The summed E-state index contributed by atoms with van der Waals surface area (Å²) >= 11 is 0. The molecule has 0 aliphatic heterocycles. The Kier molecular flexibility index (Phi) is 6.98. The zero-order chi connectivity index (χ0) is 28.4. The van der Waals surface area contributed by atoms with E-state index in [2.05, 4.69) is 24.3 Å². The molecule has 0 aromatic heterocycles. The summed E-state index contributed by atoms with van der Waals surface area (Å²) in [5.41, 5.74) is 5.42. The number of hydrogen-bond donors (Lipinski definition) is 0. The zero-order valence-corrected chi connectivity index (χ0v) is 21.9. The van der Waals surface area contributed by atoms with Crippen LogP contribution in [0.4, 0.5) is 17.6 Å². The summed E-state index contributed by atoms with van der Waals surface area (Å²) in [5.74, 6) is -2.54. The van der Waals surface area contributed by atoms with E-state index < -0.39 is 28.7 Å². The van der Waals surface area contributed by atoms with Gasteiger partial charge in [-0.15, -0.1) is 0 Å². The summed E-state index contributed by atoms with van der Waals surface area (Å²) < 4.78 is 55.9. The quantitative estimate of drug-likeness (QED) is 0.145. The molecule has 0 bridgehead atoms. The fraction of sp³-hybridized carbons (Fsp3) is 0.0270. The van der Waals surface area contributed by atoms with Crippen LogP contribution in [0.5, 0.6) is 0 Å². The molecule has 6 aromatic carbocycles. The van der Waals surface area contributed by atoms with Crippen molar-refractivity contribution in [2.75, 3.05) is 0 Å². The van der Waals surface area contributed by atoms with E-state index in [1.165, 1.54) is 24.3 Å². The van der Waals surface area contributed by atoms with E-state index >= 15 is 0 Å². The van der Waals surface area contributed by atoms with Gasteiger partial charge < -0.3 is 0 Å². The van der Waals surface area contributed by atoms with Crippen LogP contribution in [0.2, 0.25) is 0 Å². The van der Waals surface area contributed by atoms with Crippen molar-refractivity contribution in [1.82, 2.24) is 0 Å². The predicted octanol–water partition coefficient (Wildman–Crippen LogP) is 9.96. The highest BCUT2D eigenvalue weighted by molar-refractivity contribution is 5.69. The molecule has 0 unspecified atom stereocenters. The molecule has 0 N–H and O–H groups in total. The summed E-state index contributed by atoms with van der Waals surface area (Å²) in [4.78, 5) is 0. The molecule has 6 aromatic rings.